The fraction of sp³-hybridized carbons (Fsp3) is 0.462. The van der Waals surface area contributed by atoms with E-state index in [1.54, 1.807) is 0 Å². The standard InChI is InChI=1S/C26H35N3O3/c1-18(27-16-22(31)17-30)19-7-8-24-23(14-19)26(2,3)15-25(28-24)20-5-4-6-21(13-20)29-9-11-32-12-10-29/h4-8,13-14,22,25,27-28,30-31H,1,9-12,15-17H2,2-3H3. The summed E-state index contributed by atoms with van der Waals surface area (Å²) in [6.07, 6.45) is 0.190. The maximum atomic E-state index is 9.60. The second kappa shape index (κ2) is 9.53. The lowest BCUT2D eigenvalue weighted by molar-refractivity contribution is 0.0978. The monoisotopic (exact) mass is 437 g/mol. The summed E-state index contributed by atoms with van der Waals surface area (Å²) in [6, 6.07) is 15.5. The van der Waals surface area contributed by atoms with E-state index in [1.165, 1.54) is 16.8 Å². The molecule has 2 aromatic carbocycles. The van der Waals surface area contributed by atoms with E-state index in [0.29, 0.717) is 0 Å². The van der Waals surface area contributed by atoms with Crippen molar-refractivity contribution in [2.75, 3.05) is 49.7 Å². The van der Waals surface area contributed by atoms with Crippen LogP contribution >= 0.6 is 0 Å². The number of nitrogens with one attached hydrogen (secondary N) is 2. The summed E-state index contributed by atoms with van der Waals surface area (Å²) in [5.41, 5.74) is 6.71. The topological polar surface area (TPSA) is 77.0 Å². The molecule has 1 saturated heterocycles. The third kappa shape index (κ3) is 4.93. The zero-order chi connectivity index (χ0) is 22.7. The van der Waals surface area contributed by atoms with Gasteiger partial charge in [-0.15, -0.1) is 0 Å². The number of aliphatic hydroxyl groups is 2. The van der Waals surface area contributed by atoms with Crippen LogP contribution in [0, 0.1) is 0 Å². The molecule has 2 aromatic rings. The molecule has 0 bridgehead atoms. The number of fused-ring (bicyclic) bond motifs is 1. The van der Waals surface area contributed by atoms with Gasteiger partial charge in [0.15, 0.2) is 0 Å². The quantitative estimate of drug-likeness (QED) is 0.533. The minimum absolute atomic E-state index is 0.0128. The van der Waals surface area contributed by atoms with Crippen LogP contribution in [0.1, 0.15) is 43.0 Å². The first kappa shape index (κ1) is 22.6. The molecule has 0 spiro atoms. The van der Waals surface area contributed by atoms with Crippen LogP contribution in [0.2, 0.25) is 0 Å². The third-order valence-electron chi connectivity index (χ3n) is 6.55. The van der Waals surface area contributed by atoms with Crippen molar-refractivity contribution < 1.29 is 14.9 Å². The van der Waals surface area contributed by atoms with Crippen molar-refractivity contribution in [3.63, 3.8) is 0 Å². The third-order valence-corrected chi connectivity index (χ3v) is 6.55. The molecule has 6 heteroatoms. The van der Waals surface area contributed by atoms with Crippen molar-refractivity contribution >= 4 is 17.1 Å². The first-order valence-electron chi connectivity index (χ1n) is 11.4. The van der Waals surface area contributed by atoms with Gasteiger partial charge in [-0.05, 0) is 52.8 Å². The second-order valence-electron chi connectivity index (χ2n) is 9.44. The average molecular weight is 438 g/mol. The number of rotatable bonds is 7. The van der Waals surface area contributed by atoms with Gasteiger partial charge >= 0.3 is 0 Å². The lowest BCUT2D eigenvalue weighted by atomic mass is 9.73. The van der Waals surface area contributed by atoms with E-state index in [1.807, 2.05) is 0 Å². The number of morpholine rings is 1. The number of benzene rings is 2. The van der Waals surface area contributed by atoms with Crippen LogP contribution in [0.3, 0.4) is 0 Å². The molecule has 0 aliphatic carbocycles. The molecule has 2 aliphatic heterocycles. The summed E-state index contributed by atoms with van der Waals surface area (Å²) >= 11 is 0. The molecule has 4 N–H and O–H groups in total. The van der Waals surface area contributed by atoms with Gasteiger partial charge in [-0.1, -0.05) is 38.6 Å². The maximum absolute atomic E-state index is 9.60. The van der Waals surface area contributed by atoms with Crippen molar-refractivity contribution in [2.45, 2.75) is 37.8 Å². The lowest BCUT2D eigenvalue weighted by Gasteiger charge is -2.39. The van der Waals surface area contributed by atoms with Crippen LogP contribution in [0.15, 0.2) is 49.0 Å². The molecule has 0 radical (unpaired) electrons. The zero-order valence-electron chi connectivity index (χ0n) is 19.1. The molecule has 2 atom stereocenters. The second-order valence-corrected chi connectivity index (χ2v) is 9.44. The van der Waals surface area contributed by atoms with Gasteiger partial charge in [-0.25, -0.2) is 0 Å². The van der Waals surface area contributed by atoms with Crippen molar-refractivity contribution in [3.05, 3.63) is 65.7 Å². The Balaban J connectivity index is 1.53. The van der Waals surface area contributed by atoms with Gasteiger partial charge in [0.25, 0.3) is 0 Å². The van der Waals surface area contributed by atoms with Gasteiger partial charge in [-0.3, -0.25) is 0 Å². The Morgan fingerprint density at radius 2 is 2.03 bits per heavy atom. The Morgan fingerprint density at radius 1 is 1.25 bits per heavy atom. The minimum Gasteiger partial charge on any atom is -0.394 e. The Hall–Kier alpha value is -2.54. The van der Waals surface area contributed by atoms with E-state index >= 15 is 0 Å². The molecule has 0 amide bonds. The van der Waals surface area contributed by atoms with Crippen molar-refractivity contribution in [1.82, 2.24) is 5.32 Å². The highest BCUT2D eigenvalue weighted by atomic mass is 16.5. The predicted octanol–water partition coefficient (Wildman–Crippen LogP) is 3.27. The number of hydrogen-bond acceptors (Lipinski definition) is 6. The fourth-order valence-electron chi connectivity index (χ4n) is 4.65. The predicted molar refractivity (Wildman–Crippen MR) is 130 cm³/mol. The van der Waals surface area contributed by atoms with E-state index < -0.39 is 6.10 Å². The number of ether oxygens (including phenoxy) is 1. The van der Waals surface area contributed by atoms with Crippen LogP contribution < -0.4 is 15.5 Å². The summed E-state index contributed by atoms with van der Waals surface area (Å²) < 4.78 is 5.50. The lowest BCUT2D eigenvalue weighted by Crippen LogP contribution is -2.36. The summed E-state index contributed by atoms with van der Waals surface area (Å²) in [5.74, 6) is 0. The van der Waals surface area contributed by atoms with E-state index in [9.17, 15) is 5.11 Å². The molecule has 6 nitrogen and oxygen atoms in total. The smallest absolute Gasteiger partial charge is 0.0942 e. The Morgan fingerprint density at radius 3 is 2.78 bits per heavy atom. The SMILES string of the molecule is C=C(NCC(O)CO)c1ccc2c(c1)C(C)(C)CC(c1cccc(N3CCOCC3)c1)N2. The summed E-state index contributed by atoms with van der Waals surface area (Å²) in [4.78, 5) is 2.40. The van der Waals surface area contributed by atoms with Crippen LogP contribution in [0.5, 0.6) is 0 Å². The highest BCUT2D eigenvalue weighted by Crippen LogP contribution is 2.45. The normalized spacial score (nSPS) is 20.8. The molecule has 2 aliphatic rings. The van der Waals surface area contributed by atoms with Crippen LogP contribution in [-0.2, 0) is 10.2 Å². The first-order valence-corrected chi connectivity index (χ1v) is 11.4. The van der Waals surface area contributed by atoms with Gasteiger partial charge in [-0.2, -0.15) is 0 Å². The van der Waals surface area contributed by atoms with Crippen molar-refractivity contribution in [2.24, 2.45) is 0 Å². The van der Waals surface area contributed by atoms with Crippen molar-refractivity contribution in [1.29, 1.82) is 0 Å². The molecule has 1 fully saturated rings. The van der Waals surface area contributed by atoms with E-state index in [4.69, 9.17) is 9.84 Å². The Labute approximate surface area is 190 Å². The fourth-order valence-corrected chi connectivity index (χ4v) is 4.65. The highest BCUT2D eigenvalue weighted by molar-refractivity contribution is 5.69. The van der Waals surface area contributed by atoms with E-state index in [2.05, 4.69) is 78.4 Å². The molecule has 172 valence electrons. The number of anilines is 2. The number of aliphatic hydroxyl groups excluding tert-OH is 2. The van der Waals surface area contributed by atoms with Gasteiger partial charge in [0, 0.05) is 36.7 Å². The van der Waals surface area contributed by atoms with Crippen LogP contribution in [0.25, 0.3) is 5.70 Å². The van der Waals surface area contributed by atoms with E-state index in [0.717, 1.165) is 49.7 Å². The van der Waals surface area contributed by atoms with E-state index in [-0.39, 0.29) is 24.6 Å². The molecule has 2 unspecified atom stereocenters. The Bertz CT molecular complexity index is 953. The van der Waals surface area contributed by atoms with Crippen LogP contribution in [-0.4, -0.2) is 55.8 Å². The molecule has 32 heavy (non-hydrogen) atoms. The first-order chi connectivity index (χ1) is 15.4. The minimum atomic E-state index is -0.795. The molecule has 0 aromatic heterocycles. The summed E-state index contributed by atoms with van der Waals surface area (Å²) in [6.45, 7) is 12.1. The number of hydrogen-bond donors (Lipinski definition) is 4. The largest absolute Gasteiger partial charge is 0.394 e. The summed E-state index contributed by atoms with van der Waals surface area (Å²) in [5, 5.41) is 25.5. The van der Waals surface area contributed by atoms with Gasteiger partial charge in [0.2, 0.25) is 0 Å². The molecular weight excluding hydrogens is 402 g/mol. The number of nitrogens with zero attached hydrogens (tertiary/aromatic N) is 1. The molecule has 2 heterocycles. The van der Waals surface area contributed by atoms with Gasteiger partial charge in [0.05, 0.1) is 32.0 Å². The summed E-state index contributed by atoms with van der Waals surface area (Å²) in [7, 11) is 0. The molecular formula is C26H35N3O3. The molecule has 4 rings (SSSR count). The van der Waals surface area contributed by atoms with Gasteiger partial charge in [0.1, 0.15) is 0 Å². The van der Waals surface area contributed by atoms with Crippen LogP contribution in [0.4, 0.5) is 11.4 Å². The zero-order valence-corrected chi connectivity index (χ0v) is 19.1. The average Bonchev–Trinajstić information content (AvgIpc) is 2.82. The highest BCUT2D eigenvalue weighted by Gasteiger charge is 2.34. The Kier molecular flexibility index (Phi) is 6.74. The van der Waals surface area contributed by atoms with Crippen molar-refractivity contribution in [3.8, 4) is 0 Å². The molecule has 0 saturated carbocycles. The maximum Gasteiger partial charge on any atom is 0.0942 e. The van der Waals surface area contributed by atoms with Gasteiger partial charge < -0.3 is 30.5 Å².